The number of carbonyl (C=O) groups is 1. The normalized spacial score (nSPS) is 12.5. The van der Waals surface area contributed by atoms with Gasteiger partial charge in [-0.3, -0.25) is 4.79 Å². The minimum absolute atomic E-state index is 0.0813. The van der Waals surface area contributed by atoms with Crippen molar-refractivity contribution in [2.75, 3.05) is 6.54 Å². The van der Waals surface area contributed by atoms with Crippen LogP contribution in [0.2, 0.25) is 0 Å². The molecule has 0 saturated carbocycles. The molecule has 0 atom stereocenters. The second-order valence-electron chi connectivity index (χ2n) is 5.89. The van der Waals surface area contributed by atoms with Gasteiger partial charge in [0.1, 0.15) is 17.2 Å². The fourth-order valence-corrected chi connectivity index (χ4v) is 2.89. The van der Waals surface area contributed by atoms with Gasteiger partial charge in [0.25, 0.3) is 0 Å². The molecule has 0 amide bonds. The van der Waals surface area contributed by atoms with Gasteiger partial charge in [-0.15, -0.1) is 0 Å². The van der Waals surface area contributed by atoms with E-state index in [9.17, 15) is 13.2 Å². The molecule has 1 aromatic heterocycles. The van der Waals surface area contributed by atoms with E-state index in [2.05, 4.69) is 9.88 Å². The molecule has 0 radical (unpaired) electrons. The van der Waals surface area contributed by atoms with Crippen LogP contribution >= 0.6 is 0 Å². The molecule has 0 spiro atoms. The number of aliphatic carboxylic acids is 1. The molecule has 0 aliphatic carbocycles. The summed E-state index contributed by atoms with van der Waals surface area (Å²) in [5, 5.41) is 12.3. The molecule has 0 saturated heterocycles. The highest BCUT2D eigenvalue weighted by molar-refractivity contribution is 7.88. The van der Waals surface area contributed by atoms with E-state index in [0.29, 0.717) is 24.3 Å². The molecule has 120 valence electrons. The van der Waals surface area contributed by atoms with Crippen LogP contribution in [0.4, 0.5) is 0 Å². The summed E-state index contributed by atoms with van der Waals surface area (Å²) in [6.45, 7) is 5.81. The van der Waals surface area contributed by atoms with E-state index in [1.165, 1.54) is 0 Å². The van der Waals surface area contributed by atoms with Crippen molar-refractivity contribution in [3.63, 3.8) is 0 Å². The van der Waals surface area contributed by atoms with Crippen molar-refractivity contribution < 1.29 is 22.8 Å². The van der Waals surface area contributed by atoms with E-state index >= 15 is 0 Å². The van der Waals surface area contributed by atoms with E-state index in [4.69, 9.17) is 9.63 Å². The fraction of sp³-hybridized carbons (Fsp3) is 0.692. The van der Waals surface area contributed by atoms with Crippen molar-refractivity contribution >= 4 is 16.0 Å². The minimum Gasteiger partial charge on any atom is -0.481 e. The average Bonchev–Trinajstić information content (AvgIpc) is 2.71. The van der Waals surface area contributed by atoms with Gasteiger partial charge >= 0.3 is 5.97 Å². The second kappa shape index (κ2) is 7.04. The number of aryl methyl sites for hydroxylation is 1. The van der Waals surface area contributed by atoms with Crippen LogP contribution in [0.3, 0.4) is 0 Å². The number of carboxylic acid groups (broad SMARTS) is 1. The third-order valence-electron chi connectivity index (χ3n) is 3.15. The van der Waals surface area contributed by atoms with E-state index in [0.717, 1.165) is 0 Å². The van der Waals surface area contributed by atoms with Crippen LogP contribution in [0.5, 0.6) is 0 Å². The maximum absolute atomic E-state index is 11.9. The highest BCUT2D eigenvalue weighted by Gasteiger charge is 2.21. The number of hydrogen-bond acceptors (Lipinski definition) is 5. The van der Waals surface area contributed by atoms with Crippen LogP contribution < -0.4 is 4.72 Å². The number of nitrogens with one attached hydrogen (secondary N) is 1. The Bertz CT molecular complexity index is 577. The molecule has 0 fully saturated rings. The molecule has 0 bridgehead atoms. The van der Waals surface area contributed by atoms with Crippen molar-refractivity contribution in [1.82, 2.24) is 9.88 Å². The van der Waals surface area contributed by atoms with Gasteiger partial charge in [0.15, 0.2) is 0 Å². The first-order valence-electron chi connectivity index (χ1n) is 6.71. The summed E-state index contributed by atoms with van der Waals surface area (Å²) in [4.78, 5) is 10.6. The molecule has 1 heterocycles. The summed E-state index contributed by atoms with van der Waals surface area (Å²) >= 11 is 0. The molecule has 8 heteroatoms. The maximum Gasteiger partial charge on any atom is 0.303 e. The molecule has 0 aromatic carbocycles. The smallest absolute Gasteiger partial charge is 0.303 e. The molecule has 21 heavy (non-hydrogen) atoms. The van der Waals surface area contributed by atoms with Gasteiger partial charge in [-0.2, -0.15) is 0 Å². The highest BCUT2D eigenvalue weighted by Crippen LogP contribution is 2.26. The van der Waals surface area contributed by atoms with Crippen molar-refractivity contribution in [3.8, 4) is 0 Å². The van der Waals surface area contributed by atoms with Crippen molar-refractivity contribution in [1.29, 1.82) is 0 Å². The van der Waals surface area contributed by atoms with Gasteiger partial charge in [-0.05, 0) is 25.2 Å². The molecule has 0 aliphatic rings. The Morgan fingerprint density at radius 2 is 2.10 bits per heavy atom. The topological polar surface area (TPSA) is 110 Å². The van der Waals surface area contributed by atoms with Crippen LogP contribution in [-0.2, 0) is 20.6 Å². The number of aromatic nitrogens is 1. The van der Waals surface area contributed by atoms with Gasteiger partial charge in [-0.25, -0.2) is 13.1 Å². The lowest BCUT2D eigenvalue weighted by atomic mass is 9.84. The third kappa shape index (κ3) is 7.24. The van der Waals surface area contributed by atoms with Gasteiger partial charge in [0, 0.05) is 19.0 Å². The first-order valence-corrected chi connectivity index (χ1v) is 8.36. The zero-order valence-corrected chi connectivity index (χ0v) is 13.4. The summed E-state index contributed by atoms with van der Waals surface area (Å²) in [6, 6.07) is 1.58. The number of hydrogen-bond donors (Lipinski definition) is 2. The summed E-state index contributed by atoms with van der Waals surface area (Å²) in [5.41, 5.74) is 0.135. The SMILES string of the molecule is Cc1cc(CS(=O)(=O)NCCC(C)(C)CCC(=O)O)no1. The molecule has 7 nitrogen and oxygen atoms in total. The van der Waals surface area contributed by atoms with Gasteiger partial charge in [-0.1, -0.05) is 19.0 Å². The number of nitrogens with zero attached hydrogens (tertiary/aromatic N) is 1. The largest absolute Gasteiger partial charge is 0.481 e. The summed E-state index contributed by atoms with van der Waals surface area (Å²) < 4.78 is 31.1. The van der Waals surface area contributed by atoms with Crippen LogP contribution in [0.25, 0.3) is 0 Å². The van der Waals surface area contributed by atoms with Gasteiger partial charge in [0.2, 0.25) is 10.0 Å². The zero-order valence-electron chi connectivity index (χ0n) is 12.5. The average molecular weight is 318 g/mol. The van der Waals surface area contributed by atoms with Crippen molar-refractivity contribution in [2.24, 2.45) is 5.41 Å². The molecule has 1 rings (SSSR count). The monoisotopic (exact) mass is 318 g/mol. The standard InChI is InChI=1S/C13H22N2O5S/c1-10-8-11(15-20-10)9-21(18,19)14-7-6-13(2,3)5-4-12(16)17/h8,14H,4-7,9H2,1-3H3,(H,16,17). The fourth-order valence-electron chi connectivity index (χ4n) is 1.85. The maximum atomic E-state index is 11.9. The van der Waals surface area contributed by atoms with E-state index in [-0.39, 0.29) is 24.1 Å². The Hall–Kier alpha value is -1.41. The molecule has 0 unspecified atom stereocenters. The van der Waals surface area contributed by atoms with Crippen LogP contribution in [0.1, 0.15) is 44.6 Å². The minimum atomic E-state index is -3.46. The highest BCUT2D eigenvalue weighted by atomic mass is 32.2. The summed E-state index contributed by atoms with van der Waals surface area (Å²) in [7, 11) is -3.46. The predicted octanol–water partition coefficient (Wildman–Crippen LogP) is 1.68. The first-order chi connectivity index (χ1) is 9.60. The Labute approximate surface area is 124 Å². The second-order valence-corrected chi connectivity index (χ2v) is 7.70. The lowest BCUT2D eigenvalue weighted by molar-refractivity contribution is -0.137. The van der Waals surface area contributed by atoms with Crippen LogP contribution in [0.15, 0.2) is 10.6 Å². The predicted molar refractivity (Wildman–Crippen MR) is 77.1 cm³/mol. The lowest BCUT2D eigenvalue weighted by Crippen LogP contribution is -2.29. The van der Waals surface area contributed by atoms with E-state index in [1.54, 1.807) is 13.0 Å². The van der Waals surface area contributed by atoms with Crippen molar-refractivity contribution in [3.05, 3.63) is 17.5 Å². The molecular weight excluding hydrogens is 296 g/mol. The van der Waals surface area contributed by atoms with Gasteiger partial charge in [0.05, 0.1) is 0 Å². The molecule has 2 N–H and O–H groups in total. The number of sulfonamides is 1. The molecule has 0 aliphatic heterocycles. The summed E-state index contributed by atoms with van der Waals surface area (Å²) in [5.74, 6) is -0.500. The molecular formula is C13H22N2O5S. The number of rotatable bonds is 9. The lowest BCUT2D eigenvalue weighted by Gasteiger charge is -2.23. The Morgan fingerprint density at radius 1 is 1.43 bits per heavy atom. The number of carboxylic acids is 1. The van der Waals surface area contributed by atoms with Gasteiger partial charge < -0.3 is 9.63 Å². The van der Waals surface area contributed by atoms with E-state index < -0.39 is 16.0 Å². The first kappa shape index (κ1) is 17.6. The van der Waals surface area contributed by atoms with Crippen LogP contribution in [0, 0.1) is 12.3 Å². The zero-order chi connectivity index (χ0) is 16.1. The Kier molecular flexibility index (Phi) is 5.91. The quantitative estimate of drug-likeness (QED) is 0.717. The summed E-state index contributed by atoms with van der Waals surface area (Å²) in [6.07, 6.45) is 1.15. The van der Waals surface area contributed by atoms with Crippen LogP contribution in [-0.4, -0.2) is 31.2 Å². The Morgan fingerprint density at radius 3 is 2.62 bits per heavy atom. The van der Waals surface area contributed by atoms with Crippen molar-refractivity contribution in [2.45, 2.75) is 45.8 Å². The third-order valence-corrected chi connectivity index (χ3v) is 4.47. The Balaban J connectivity index is 2.41. The molecule has 1 aromatic rings. The van der Waals surface area contributed by atoms with E-state index in [1.807, 2.05) is 13.8 Å².